The highest BCUT2D eigenvalue weighted by Gasteiger charge is 2.17. The summed E-state index contributed by atoms with van der Waals surface area (Å²) in [5, 5.41) is 12.0. The zero-order valence-electron chi connectivity index (χ0n) is 10.9. The van der Waals surface area contributed by atoms with Gasteiger partial charge in [0.05, 0.1) is 12.0 Å². The van der Waals surface area contributed by atoms with Crippen LogP contribution in [-0.2, 0) is 4.79 Å². The fourth-order valence-electron chi connectivity index (χ4n) is 2.24. The number of hydrogen-bond donors (Lipinski definition) is 1. The highest BCUT2D eigenvalue weighted by atomic mass is 16.2. The molecule has 1 N–H and O–H groups in total. The molecule has 1 aliphatic rings. The summed E-state index contributed by atoms with van der Waals surface area (Å²) in [6.45, 7) is 4.55. The lowest BCUT2D eigenvalue weighted by Gasteiger charge is -2.24. The predicted octanol–water partition coefficient (Wildman–Crippen LogP) is 1.38. The third-order valence-electron chi connectivity index (χ3n) is 3.42. The monoisotopic (exact) mass is 237 g/mol. The molecule has 4 heteroatoms. The summed E-state index contributed by atoms with van der Waals surface area (Å²) in [5.41, 5.74) is 0. The van der Waals surface area contributed by atoms with Crippen molar-refractivity contribution in [2.24, 2.45) is 11.8 Å². The van der Waals surface area contributed by atoms with Crippen LogP contribution in [0.3, 0.4) is 0 Å². The van der Waals surface area contributed by atoms with Crippen molar-refractivity contribution >= 4 is 5.91 Å². The maximum atomic E-state index is 11.8. The molecular formula is C13H23N3O. The number of carbonyl (C=O) groups is 1. The number of carbonyl (C=O) groups excluding carboxylic acids is 1. The summed E-state index contributed by atoms with van der Waals surface area (Å²) in [6.07, 6.45) is 3.99. The van der Waals surface area contributed by atoms with Crippen LogP contribution in [0.1, 0.15) is 32.6 Å². The average molecular weight is 237 g/mol. The van der Waals surface area contributed by atoms with Crippen LogP contribution in [0, 0.1) is 23.2 Å². The Kier molecular flexibility index (Phi) is 5.99. The Morgan fingerprint density at radius 3 is 2.76 bits per heavy atom. The van der Waals surface area contributed by atoms with Crippen LogP contribution >= 0.6 is 0 Å². The fraction of sp³-hybridized carbons (Fsp3) is 0.846. The van der Waals surface area contributed by atoms with Crippen LogP contribution in [0.2, 0.25) is 0 Å². The van der Waals surface area contributed by atoms with Crippen LogP contribution in [0.15, 0.2) is 0 Å². The summed E-state index contributed by atoms with van der Waals surface area (Å²) < 4.78 is 0. The number of amides is 1. The second-order valence-electron chi connectivity index (χ2n) is 5.04. The van der Waals surface area contributed by atoms with E-state index in [1.54, 1.807) is 11.9 Å². The van der Waals surface area contributed by atoms with Gasteiger partial charge in [0.15, 0.2) is 0 Å². The van der Waals surface area contributed by atoms with E-state index in [-0.39, 0.29) is 11.8 Å². The molecule has 96 valence electrons. The molecule has 17 heavy (non-hydrogen) atoms. The molecule has 0 radical (unpaired) electrons. The zero-order valence-corrected chi connectivity index (χ0v) is 10.9. The summed E-state index contributed by atoms with van der Waals surface area (Å²) in [6, 6.07) is 2.15. The standard InChI is InChI=1S/C13H23N3O/c1-11(9-14)10-16(2)13(17)4-3-12-5-7-15-8-6-12/h11-12,15H,3-8,10H2,1-2H3. The van der Waals surface area contributed by atoms with Gasteiger partial charge in [0.1, 0.15) is 0 Å². The Labute approximate surface area is 104 Å². The smallest absolute Gasteiger partial charge is 0.222 e. The van der Waals surface area contributed by atoms with Crippen molar-refractivity contribution in [2.75, 3.05) is 26.7 Å². The van der Waals surface area contributed by atoms with Crippen molar-refractivity contribution in [3.63, 3.8) is 0 Å². The lowest BCUT2D eigenvalue weighted by atomic mass is 9.93. The molecule has 1 aliphatic heterocycles. The molecular weight excluding hydrogens is 214 g/mol. The third-order valence-corrected chi connectivity index (χ3v) is 3.42. The van der Waals surface area contributed by atoms with Crippen LogP contribution in [0.25, 0.3) is 0 Å². The molecule has 0 spiro atoms. The van der Waals surface area contributed by atoms with E-state index in [0.717, 1.165) is 19.5 Å². The van der Waals surface area contributed by atoms with Crippen molar-refractivity contribution in [1.29, 1.82) is 5.26 Å². The maximum Gasteiger partial charge on any atom is 0.222 e. The highest BCUT2D eigenvalue weighted by molar-refractivity contribution is 5.75. The van der Waals surface area contributed by atoms with E-state index in [4.69, 9.17) is 5.26 Å². The molecule has 1 heterocycles. The Morgan fingerprint density at radius 2 is 2.18 bits per heavy atom. The van der Waals surface area contributed by atoms with Gasteiger partial charge in [-0.15, -0.1) is 0 Å². The minimum atomic E-state index is -0.0807. The van der Waals surface area contributed by atoms with E-state index in [2.05, 4.69) is 11.4 Å². The first-order valence-corrected chi connectivity index (χ1v) is 6.47. The minimum Gasteiger partial charge on any atom is -0.344 e. The molecule has 1 rings (SSSR count). The van der Waals surface area contributed by atoms with E-state index >= 15 is 0 Å². The Hall–Kier alpha value is -1.08. The molecule has 1 saturated heterocycles. The molecule has 0 bridgehead atoms. The second kappa shape index (κ2) is 7.29. The SMILES string of the molecule is CC(C#N)CN(C)C(=O)CCC1CCNCC1. The van der Waals surface area contributed by atoms with E-state index in [0.29, 0.717) is 18.9 Å². The quantitative estimate of drug-likeness (QED) is 0.786. The largest absolute Gasteiger partial charge is 0.344 e. The number of nitrogens with one attached hydrogen (secondary N) is 1. The summed E-state index contributed by atoms with van der Waals surface area (Å²) in [4.78, 5) is 13.5. The summed E-state index contributed by atoms with van der Waals surface area (Å²) in [7, 11) is 1.79. The molecule has 1 fully saturated rings. The van der Waals surface area contributed by atoms with Crippen molar-refractivity contribution in [3.8, 4) is 6.07 Å². The van der Waals surface area contributed by atoms with E-state index in [1.165, 1.54) is 12.8 Å². The lowest BCUT2D eigenvalue weighted by Crippen LogP contribution is -2.32. The van der Waals surface area contributed by atoms with Gasteiger partial charge >= 0.3 is 0 Å². The van der Waals surface area contributed by atoms with Gasteiger partial charge in [-0.25, -0.2) is 0 Å². The number of nitriles is 1. The van der Waals surface area contributed by atoms with E-state index < -0.39 is 0 Å². The Balaban J connectivity index is 2.21. The third kappa shape index (κ3) is 5.18. The van der Waals surface area contributed by atoms with Gasteiger partial charge in [-0.1, -0.05) is 0 Å². The zero-order chi connectivity index (χ0) is 12.7. The molecule has 0 aromatic heterocycles. The van der Waals surface area contributed by atoms with Gasteiger partial charge in [0.25, 0.3) is 0 Å². The first-order chi connectivity index (χ1) is 8.13. The second-order valence-corrected chi connectivity index (χ2v) is 5.04. The number of piperidine rings is 1. The van der Waals surface area contributed by atoms with Crippen molar-refractivity contribution in [2.45, 2.75) is 32.6 Å². The molecule has 1 atom stereocenters. The van der Waals surface area contributed by atoms with Gasteiger partial charge < -0.3 is 10.2 Å². The molecule has 0 saturated carbocycles. The van der Waals surface area contributed by atoms with Gasteiger partial charge in [0, 0.05) is 20.0 Å². The number of rotatable bonds is 5. The first kappa shape index (κ1) is 14.0. The summed E-state index contributed by atoms with van der Waals surface area (Å²) >= 11 is 0. The predicted molar refractivity (Wildman–Crippen MR) is 67.2 cm³/mol. The summed E-state index contributed by atoms with van der Waals surface area (Å²) in [5.74, 6) is 0.787. The van der Waals surface area contributed by atoms with Gasteiger partial charge in [-0.2, -0.15) is 5.26 Å². The van der Waals surface area contributed by atoms with Crippen molar-refractivity contribution < 1.29 is 4.79 Å². The normalized spacial score (nSPS) is 18.4. The van der Waals surface area contributed by atoms with Crippen LogP contribution in [0.4, 0.5) is 0 Å². The minimum absolute atomic E-state index is 0.0807. The lowest BCUT2D eigenvalue weighted by molar-refractivity contribution is -0.130. The van der Waals surface area contributed by atoms with Crippen molar-refractivity contribution in [1.82, 2.24) is 10.2 Å². The molecule has 0 aromatic carbocycles. The van der Waals surface area contributed by atoms with Crippen molar-refractivity contribution in [3.05, 3.63) is 0 Å². The Bertz CT molecular complexity index is 279. The number of hydrogen-bond acceptors (Lipinski definition) is 3. The Morgan fingerprint density at radius 1 is 1.53 bits per heavy atom. The first-order valence-electron chi connectivity index (χ1n) is 6.47. The van der Waals surface area contributed by atoms with Crippen LogP contribution in [0.5, 0.6) is 0 Å². The molecule has 1 unspecified atom stereocenters. The van der Waals surface area contributed by atoms with Gasteiger partial charge in [-0.3, -0.25) is 4.79 Å². The van der Waals surface area contributed by atoms with E-state index in [1.807, 2.05) is 6.92 Å². The molecule has 0 aliphatic carbocycles. The van der Waals surface area contributed by atoms with Crippen LogP contribution < -0.4 is 5.32 Å². The highest BCUT2D eigenvalue weighted by Crippen LogP contribution is 2.18. The van der Waals surface area contributed by atoms with E-state index in [9.17, 15) is 4.79 Å². The molecule has 0 aromatic rings. The molecule has 1 amide bonds. The topological polar surface area (TPSA) is 56.1 Å². The average Bonchev–Trinajstić information content (AvgIpc) is 2.36. The molecule has 4 nitrogen and oxygen atoms in total. The van der Waals surface area contributed by atoms with Crippen LogP contribution in [-0.4, -0.2) is 37.5 Å². The number of nitrogens with zero attached hydrogens (tertiary/aromatic N) is 2. The van der Waals surface area contributed by atoms with Gasteiger partial charge in [-0.05, 0) is 45.2 Å². The fourth-order valence-corrected chi connectivity index (χ4v) is 2.24. The maximum absolute atomic E-state index is 11.8. The van der Waals surface area contributed by atoms with Gasteiger partial charge in [0.2, 0.25) is 5.91 Å².